The zero-order valence-corrected chi connectivity index (χ0v) is 17.2. The van der Waals surface area contributed by atoms with Gasteiger partial charge in [0.05, 0.1) is 22.9 Å². The van der Waals surface area contributed by atoms with Gasteiger partial charge in [-0.3, -0.25) is 10.00 Å². The van der Waals surface area contributed by atoms with Gasteiger partial charge in [-0.1, -0.05) is 13.0 Å². The van der Waals surface area contributed by atoms with E-state index in [4.69, 9.17) is 4.98 Å². The van der Waals surface area contributed by atoms with Crippen molar-refractivity contribution in [3.05, 3.63) is 53.1 Å². The standard InChI is InChI=1S/C23H22FN5O2/c1-3-12-7-21(31)17(24)9-16(12)13-4-5-15-18(6-13)27-28-22(15)23-25-19-8-14(11-30)29(2)10-20(19)26-23/h4-7,9,11,14,31H,3,8,10H2,1-2H3,(H,25,26)(H,27,28)/t14-/m0/s1. The first kappa shape index (κ1) is 19.4. The molecule has 7 nitrogen and oxygen atoms in total. The van der Waals surface area contributed by atoms with E-state index in [0.29, 0.717) is 30.9 Å². The number of carbonyl (C=O) groups excluding carboxylic acids is 1. The second-order valence-corrected chi connectivity index (χ2v) is 7.98. The highest BCUT2D eigenvalue weighted by Gasteiger charge is 2.27. The van der Waals surface area contributed by atoms with Crippen LogP contribution in [0.25, 0.3) is 33.5 Å². The van der Waals surface area contributed by atoms with Gasteiger partial charge in [-0.25, -0.2) is 9.37 Å². The zero-order valence-electron chi connectivity index (χ0n) is 17.2. The van der Waals surface area contributed by atoms with Gasteiger partial charge in [0.25, 0.3) is 0 Å². The summed E-state index contributed by atoms with van der Waals surface area (Å²) in [5.74, 6) is -0.319. The number of aromatic nitrogens is 4. The number of nitrogens with one attached hydrogen (secondary N) is 2. The van der Waals surface area contributed by atoms with Crippen molar-refractivity contribution in [2.24, 2.45) is 0 Å². The van der Waals surface area contributed by atoms with Gasteiger partial charge in [0.1, 0.15) is 12.0 Å². The molecule has 2 aromatic heterocycles. The maximum absolute atomic E-state index is 14.0. The average Bonchev–Trinajstić information content (AvgIpc) is 3.37. The SMILES string of the molecule is CCc1cc(O)c(F)cc1-c1ccc2c(-c3nc4c([nH]3)CN(C)[C@H](C=O)C4)n[nH]c2c1. The van der Waals surface area contributed by atoms with E-state index in [1.54, 1.807) is 0 Å². The van der Waals surface area contributed by atoms with Crippen LogP contribution < -0.4 is 0 Å². The largest absolute Gasteiger partial charge is 0.505 e. The van der Waals surface area contributed by atoms with E-state index in [0.717, 1.165) is 45.3 Å². The fraction of sp³-hybridized carbons (Fsp3) is 0.261. The Kier molecular flexibility index (Phi) is 4.59. The molecule has 0 radical (unpaired) electrons. The average molecular weight is 419 g/mol. The third kappa shape index (κ3) is 3.19. The van der Waals surface area contributed by atoms with Gasteiger partial charge < -0.3 is 14.9 Å². The Morgan fingerprint density at radius 3 is 2.94 bits per heavy atom. The quantitative estimate of drug-likeness (QED) is 0.439. The Morgan fingerprint density at radius 2 is 2.16 bits per heavy atom. The lowest BCUT2D eigenvalue weighted by Gasteiger charge is -2.27. The number of imidazole rings is 1. The Hall–Kier alpha value is -3.52. The van der Waals surface area contributed by atoms with Crippen molar-refractivity contribution < 1.29 is 14.3 Å². The number of phenols is 1. The molecule has 8 heteroatoms. The van der Waals surface area contributed by atoms with Crippen molar-refractivity contribution >= 4 is 17.2 Å². The highest BCUT2D eigenvalue weighted by molar-refractivity contribution is 5.94. The predicted octanol–water partition coefficient (Wildman–Crippen LogP) is 3.58. The van der Waals surface area contributed by atoms with Crippen LogP contribution in [0.1, 0.15) is 23.9 Å². The third-order valence-corrected chi connectivity index (χ3v) is 6.05. The van der Waals surface area contributed by atoms with Crippen LogP contribution in [-0.2, 0) is 24.2 Å². The summed E-state index contributed by atoms with van der Waals surface area (Å²) in [4.78, 5) is 21.3. The van der Waals surface area contributed by atoms with Crippen LogP contribution in [0, 0.1) is 5.82 Å². The van der Waals surface area contributed by atoms with Gasteiger partial charge >= 0.3 is 0 Å². The Morgan fingerprint density at radius 1 is 1.32 bits per heavy atom. The molecule has 0 bridgehead atoms. The molecule has 5 rings (SSSR count). The molecule has 2 aromatic carbocycles. The lowest BCUT2D eigenvalue weighted by atomic mass is 9.96. The van der Waals surface area contributed by atoms with E-state index >= 15 is 0 Å². The summed E-state index contributed by atoms with van der Waals surface area (Å²) in [6.07, 6.45) is 2.20. The number of phenolic OH excluding ortho intramolecular Hbond substituents is 1. The van der Waals surface area contributed by atoms with Crippen LogP contribution in [0.2, 0.25) is 0 Å². The normalized spacial score (nSPS) is 16.5. The number of benzene rings is 2. The summed E-state index contributed by atoms with van der Waals surface area (Å²) in [6, 6.07) is 8.47. The van der Waals surface area contributed by atoms with Crippen molar-refractivity contribution in [2.75, 3.05) is 7.05 Å². The van der Waals surface area contributed by atoms with Crippen molar-refractivity contribution in [1.29, 1.82) is 0 Å². The van der Waals surface area contributed by atoms with Gasteiger partial charge in [0.15, 0.2) is 17.4 Å². The lowest BCUT2D eigenvalue weighted by Crippen LogP contribution is -2.38. The van der Waals surface area contributed by atoms with E-state index in [1.807, 2.05) is 37.1 Å². The number of hydrogen-bond donors (Lipinski definition) is 3. The molecule has 0 saturated carbocycles. The third-order valence-electron chi connectivity index (χ3n) is 6.05. The highest BCUT2D eigenvalue weighted by atomic mass is 19.1. The number of aromatic hydroxyl groups is 1. The van der Waals surface area contributed by atoms with Gasteiger partial charge in [-0.05, 0) is 54.4 Å². The Labute approximate surface area is 177 Å². The number of H-pyrrole nitrogens is 2. The number of nitrogens with zero attached hydrogens (tertiary/aromatic N) is 3. The first-order chi connectivity index (χ1) is 15.0. The number of hydrogen-bond acceptors (Lipinski definition) is 5. The molecule has 0 fully saturated rings. The summed E-state index contributed by atoms with van der Waals surface area (Å²) in [5, 5.41) is 18.1. The zero-order chi connectivity index (χ0) is 21.7. The van der Waals surface area contributed by atoms with E-state index < -0.39 is 5.82 Å². The van der Waals surface area contributed by atoms with Gasteiger partial charge in [0.2, 0.25) is 0 Å². The number of fused-ring (bicyclic) bond motifs is 2. The summed E-state index contributed by atoms with van der Waals surface area (Å²) >= 11 is 0. The van der Waals surface area contributed by atoms with Crippen LogP contribution in [-0.4, -0.2) is 49.5 Å². The Bertz CT molecular complexity index is 1310. The van der Waals surface area contributed by atoms with Crippen molar-refractivity contribution in [3.8, 4) is 28.4 Å². The molecule has 1 aliphatic heterocycles. The molecule has 158 valence electrons. The molecule has 31 heavy (non-hydrogen) atoms. The van der Waals surface area contributed by atoms with Gasteiger partial charge in [-0.15, -0.1) is 0 Å². The summed E-state index contributed by atoms with van der Waals surface area (Å²) < 4.78 is 14.0. The number of rotatable bonds is 4. The fourth-order valence-electron chi connectivity index (χ4n) is 4.26. The van der Waals surface area contributed by atoms with Crippen molar-refractivity contribution in [2.45, 2.75) is 32.4 Å². The monoisotopic (exact) mass is 419 g/mol. The predicted molar refractivity (Wildman–Crippen MR) is 115 cm³/mol. The minimum atomic E-state index is -0.641. The lowest BCUT2D eigenvalue weighted by molar-refractivity contribution is -0.112. The highest BCUT2D eigenvalue weighted by Crippen LogP contribution is 2.34. The minimum Gasteiger partial charge on any atom is -0.505 e. The van der Waals surface area contributed by atoms with Crippen LogP contribution in [0.3, 0.4) is 0 Å². The van der Waals surface area contributed by atoms with Crippen molar-refractivity contribution in [1.82, 2.24) is 25.1 Å². The molecule has 0 unspecified atom stereocenters. The van der Waals surface area contributed by atoms with Crippen molar-refractivity contribution in [3.63, 3.8) is 0 Å². The molecule has 0 spiro atoms. The molecular weight excluding hydrogens is 397 g/mol. The summed E-state index contributed by atoms with van der Waals surface area (Å²) in [6.45, 7) is 2.60. The van der Waals surface area contributed by atoms with Gasteiger partial charge in [-0.2, -0.15) is 5.10 Å². The Balaban J connectivity index is 1.55. The first-order valence-corrected chi connectivity index (χ1v) is 10.2. The minimum absolute atomic E-state index is 0.166. The number of aromatic amines is 2. The first-order valence-electron chi connectivity index (χ1n) is 10.2. The molecule has 3 N–H and O–H groups in total. The molecular formula is C23H22FN5O2. The number of halogens is 1. The molecule has 3 heterocycles. The maximum Gasteiger partial charge on any atom is 0.165 e. The molecule has 4 aromatic rings. The van der Waals surface area contributed by atoms with E-state index in [9.17, 15) is 14.3 Å². The van der Waals surface area contributed by atoms with E-state index in [1.165, 1.54) is 12.1 Å². The molecule has 1 aliphatic rings. The van der Waals surface area contributed by atoms with Crippen LogP contribution >= 0.6 is 0 Å². The van der Waals surface area contributed by atoms with Crippen LogP contribution in [0.15, 0.2) is 30.3 Å². The topological polar surface area (TPSA) is 97.9 Å². The second-order valence-electron chi connectivity index (χ2n) is 7.98. The van der Waals surface area contributed by atoms with Crippen LogP contribution in [0.5, 0.6) is 5.75 Å². The van der Waals surface area contributed by atoms with Gasteiger partial charge in [0, 0.05) is 18.4 Å². The smallest absolute Gasteiger partial charge is 0.165 e. The fourth-order valence-corrected chi connectivity index (χ4v) is 4.26. The second kappa shape index (κ2) is 7.31. The molecule has 0 aliphatic carbocycles. The number of carbonyl (C=O) groups is 1. The van der Waals surface area contributed by atoms with E-state index in [-0.39, 0.29) is 11.8 Å². The maximum atomic E-state index is 14.0. The number of likely N-dealkylation sites (N-methyl/N-ethyl adjacent to an activating group) is 1. The number of aldehydes is 1. The summed E-state index contributed by atoms with van der Waals surface area (Å²) in [5.41, 5.74) is 5.85. The molecule has 0 amide bonds. The van der Waals surface area contributed by atoms with E-state index in [2.05, 4.69) is 15.2 Å². The molecule has 0 saturated heterocycles. The van der Waals surface area contributed by atoms with Crippen LogP contribution in [0.4, 0.5) is 4.39 Å². The summed E-state index contributed by atoms with van der Waals surface area (Å²) in [7, 11) is 1.92. The molecule has 1 atom stereocenters. The number of aryl methyl sites for hydroxylation is 1.